The van der Waals surface area contributed by atoms with E-state index in [9.17, 15) is 14.4 Å². The summed E-state index contributed by atoms with van der Waals surface area (Å²) in [5, 5.41) is 2.78. The number of nitrogens with one attached hydrogen (secondary N) is 1. The van der Waals surface area contributed by atoms with Crippen molar-refractivity contribution >= 4 is 46.8 Å². The first-order valence-corrected chi connectivity index (χ1v) is 6.68. The molecule has 1 N–H and O–H groups in total. The number of rotatable bonds is 3. The summed E-state index contributed by atoms with van der Waals surface area (Å²) in [5.41, 5.74) is -0.0478. The van der Waals surface area contributed by atoms with Gasteiger partial charge in [-0.3, -0.25) is 4.79 Å². The van der Waals surface area contributed by atoms with Gasteiger partial charge in [0.2, 0.25) is 0 Å². The summed E-state index contributed by atoms with van der Waals surface area (Å²) in [7, 11) is 0. The van der Waals surface area contributed by atoms with Gasteiger partial charge in [0.1, 0.15) is 5.70 Å². The van der Waals surface area contributed by atoms with Gasteiger partial charge in [0.05, 0.1) is 23.4 Å². The van der Waals surface area contributed by atoms with E-state index in [1.165, 1.54) is 18.2 Å². The molecule has 0 atom stereocenters. The first kappa shape index (κ1) is 15.3. The number of benzene rings is 1. The summed E-state index contributed by atoms with van der Waals surface area (Å²) in [5.74, 6) is -1.43. The number of hydrogen-bond acceptors (Lipinski definition) is 4. The van der Waals surface area contributed by atoms with E-state index in [4.69, 9.17) is 23.2 Å². The topological polar surface area (TPSA) is 75.7 Å². The largest absolute Gasteiger partial charge is 0.463 e. The highest BCUT2D eigenvalue weighted by Crippen LogP contribution is 2.31. The van der Waals surface area contributed by atoms with Gasteiger partial charge in [-0.2, -0.15) is 0 Å². The highest BCUT2D eigenvalue weighted by Gasteiger charge is 2.36. The predicted molar refractivity (Wildman–Crippen MR) is 77.2 cm³/mol. The minimum absolute atomic E-state index is 0.138. The quantitative estimate of drug-likeness (QED) is 0.525. The number of urea groups is 1. The zero-order valence-electron chi connectivity index (χ0n) is 10.9. The average molecular weight is 329 g/mol. The molecular formula is C13H10Cl2N2O4. The van der Waals surface area contributed by atoms with Crippen LogP contribution in [0, 0.1) is 0 Å². The van der Waals surface area contributed by atoms with Gasteiger partial charge < -0.3 is 10.1 Å². The second kappa shape index (κ2) is 6.15. The van der Waals surface area contributed by atoms with Gasteiger partial charge in [0, 0.05) is 5.02 Å². The normalized spacial score (nSPS) is 16.3. The molecule has 21 heavy (non-hydrogen) atoms. The Balaban J connectivity index is 2.35. The number of esters is 1. The number of carbonyl (C=O) groups is 3. The molecule has 0 aromatic heterocycles. The molecule has 1 aromatic carbocycles. The third-order valence-corrected chi connectivity index (χ3v) is 3.13. The number of halogens is 2. The fraction of sp³-hybridized carbons (Fsp3) is 0.154. The number of hydrogen-bond donors (Lipinski definition) is 1. The van der Waals surface area contributed by atoms with Crippen LogP contribution in [0.5, 0.6) is 0 Å². The van der Waals surface area contributed by atoms with Gasteiger partial charge in [-0.1, -0.05) is 23.2 Å². The lowest BCUT2D eigenvalue weighted by Crippen LogP contribution is -2.30. The summed E-state index contributed by atoms with van der Waals surface area (Å²) in [6.07, 6.45) is 0.919. The molecule has 8 heteroatoms. The number of amides is 3. The van der Waals surface area contributed by atoms with Crippen LogP contribution in [0.3, 0.4) is 0 Å². The maximum Gasteiger partial charge on any atom is 0.333 e. The summed E-state index contributed by atoms with van der Waals surface area (Å²) >= 11 is 11.8. The fourth-order valence-electron chi connectivity index (χ4n) is 1.71. The molecule has 1 saturated heterocycles. The van der Waals surface area contributed by atoms with Gasteiger partial charge in [-0.25, -0.2) is 14.5 Å². The van der Waals surface area contributed by atoms with Crippen molar-refractivity contribution in [2.24, 2.45) is 0 Å². The summed E-state index contributed by atoms with van der Waals surface area (Å²) < 4.78 is 4.69. The molecule has 1 aliphatic rings. The summed E-state index contributed by atoms with van der Waals surface area (Å²) in [6, 6.07) is 3.66. The number of nitrogens with zero attached hydrogens (tertiary/aromatic N) is 1. The van der Waals surface area contributed by atoms with Gasteiger partial charge in [-0.05, 0) is 25.1 Å². The first-order valence-electron chi connectivity index (χ1n) is 5.93. The van der Waals surface area contributed by atoms with Gasteiger partial charge in [0.25, 0.3) is 5.91 Å². The second-order valence-corrected chi connectivity index (χ2v) is 4.82. The molecule has 1 fully saturated rings. The van der Waals surface area contributed by atoms with Crippen molar-refractivity contribution in [3.8, 4) is 0 Å². The van der Waals surface area contributed by atoms with E-state index in [1.54, 1.807) is 6.92 Å². The highest BCUT2D eigenvalue weighted by atomic mass is 35.5. The third-order valence-electron chi connectivity index (χ3n) is 2.58. The maximum atomic E-state index is 12.2. The minimum Gasteiger partial charge on any atom is -0.463 e. The first-order chi connectivity index (χ1) is 9.93. The van der Waals surface area contributed by atoms with Crippen LogP contribution < -0.4 is 10.2 Å². The van der Waals surface area contributed by atoms with Crippen molar-refractivity contribution in [3.05, 3.63) is 40.0 Å². The lowest BCUT2D eigenvalue weighted by molar-refractivity contribution is -0.137. The smallest absolute Gasteiger partial charge is 0.333 e. The van der Waals surface area contributed by atoms with Crippen molar-refractivity contribution < 1.29 is 19.1 Å². The Morgan fingerprint density at radius 3 is 2.76 bits per heavy atom. The molecular weight excluding hydrogens is 319 g/mol. The molecule has 3 amide bonds. The van der Waals surface area contributed by atoms with Gasteiger partial charge in [0.15, 0.2) is 0 Å². The monoisotopic (exact) mass is 328 g/mol. The van der Waals surface area contributed by atoms with Gasteiger partial charge in [-0.15, -0.1) is 0 Å². The van der Waals surface area contributed by atoms with E-state index in [0.717, 1.165) is 11.0 Å². The van der Waals surface area contributed by atoms with Crippen LogP contribution >= 0.6 is 23.2 Å². The Morgan fingerprint density at radius 2 is 2.10 bits per heavy atom. The molecule has 1 heterocycles. The predicted octanol–water partition coefficient (Wildman–Crippen LogP) is 2.50. The molecule has 0 radical (unpaired) electrons. The molecule has 1 aromatic rings. The van der Waals surface area contributed by atoms with Crippen molar-refractivity contribution in [2.75, 3.05) is 11.5 Å². The zero-order chi connectivity index (χ0) is 15.6. The molecule has 1 aliphatic heterocycles. The van der Waals surface area contributed by atoms with Crippen LogP contribution in [0.15, 0.2) is 30.0 Å². The number of anilines is 1. The van der Waals surface area contributed by atoms with Gasteiger partial charge >= 0.3 is 12.0 Å². The van der Waals surface area contributed by atoms with E-state index in [1.807, 2.05) is 0 Å². The van der Waals surface area contributed by atoms with Crippen molar-refractivity contribution in [1.29, 1.82) is 0 Å². The Hall–Kier alpha value is -2.05. The fourth-order valence-corrected chi connectivity index (χ4v) is 2.08. The van der Waals surface area contributed by atoms with Crippen LogP contribution in [0.4, 0.5) is 10.5 Å². The Morgan fingerprint density at radius 1 is 1.38 bits per heavy atom. The molecule has 0 aliphatic carbocycles. The summed E-state index contributed by atoms with van der Waals surface area (Å²) in [6.45, 7) is 1.79. The van der Waals surface area contributed by atoms with Crippen LogP contribution in [0.2, 0.25) is 10.0 Å². The Bertz CT molecular complexity index is 658. The molecule has 6 nitrogen and oxygen atoms in total. The van der Waals surface area contributed by atoms with Crippen molar-refractivity contribution in [1.82, 2.24) is 5.32 Å². The third kappa shape index (κ3) is 3.17. The molecule has 0 unspecified atom stereocenters. The van der Waals surface area contributed by atoms with Crippen molar-refractivity contribution in [3.63, 3.8) is 0 Å². The van der Waals surface area contributed by atoms with Crippen LogP contribution in [0.25, 0.3) is 0 Å². The number of ether oxygens (including phenoxy) is 1. The molecule has 0 spiro atoms. The van der Waals surface area contributed by atoms with E-state index in [-0.39, 0.29) is 23.0 Å². The number of carbonyl (C=O) groups excluding carboxylic acids is 3. The van der Waals surface area contributed by atoms with Crippen molar-refractivity contribution in [2.45, 2.75) is 6.92 Å². The molecule has 110 valence electrons. The Kier molecular flexibility index (Phi) is 4.50. The SMILES string of the molecule is CCOC(=O)C=C1NC(=O)N(c2cc(Cl)ccc2Cl)C1=O. The molecule has 0 bridgehead atoms. The van der Waals surface area contributed by atoms with Crippen LogP contribution in [-0.2, 0) is 14.3 Å². The molecule has 2 rings (SSSR count). The minimum atomic E-state index is -0.722. The van der Waals surface area contributed by atoms with Crippen LogP contribution in [0.1, 0.15) is 6.92 Å². The second-order valence-electron chi connectivity index (χ2n) is 3.98. The van der Waals surface area contributed by atoms with E-state index >= 15 is 0 Å². The zero-order valence-corrected chi connectivity index (χ0v) is 12.4. The van der Waals surface area contributed by atoms with Crippen LogP contribution in [-0.4, -0.2) is 24.5 Å². The van der Waals surface area contributed by atoms with E-state index in [2.05, 4.69) is 10.1 Å². The molecule has 0 saturated carbocycles. The summed E-state index contributed by atoms with van der Waals surface area (Å²) in [4.78, 5) is 36.2. The highest BCUT2D eigenvalue weighted by molar-refractivity contribution is 6.38. The number of imide groups is 1. The van der Waals surface area contributed by atoms with E-state index in [0.29, 0.717) is 5.02 Å². The average Bonchev–Trinajstić information content (AvgIpc) is 2.68. The lowest BCUT2D eigenvalue weighted by Gasteiger charge is -2.13. The van der Waals surface area contributed by atoms with E-state index < -0.39 is 17.9 Å². The lowest BCUT2D eigenvalue weighted by atomic mass is 10.3. The standard InChI is InChI=1S/C13H10Cl2N2O4/c1-2-21-11(18)6-9-12(19)17(13(20)16-9)10-5-7(14)3-4-8(10)15/h3-6H,2H2,1H3,(H,16,20). The Labute approximate surface area is 130 Å². The maximum absolute atomic E-state index is 12.2.